The first kappa shape index (κ1) is 25.4. The zero-order valence-corrected chi connectivity index (χ0v) is 18.7. The van der Waals surface area contributed by atoms with E-state index in [1.54, 1.807) is 6.08 Å². The maximum absolute atomic E-state index is 11.3. The highest BCUT2D eigenvalue weighted by Gasteiger charge is 2.11. The molecule has 1 aliphatic rings. The molecule has 0 saturated carbocycles. The van der Waals surface area contributed by atoms with Crippen LogP contribution in [0.5, 0.6) is 0 Å². The van der Waals surface area contributed by atoms with E-state index in [2.05, 4.69) is 18.3 Å². The first-order valence-corrected chi connectivity index (χ1v) is 12.1. The van der Waals surface area contributed by atoms with Crippen molar-refractivity contribution in [3.8, 4) is 0 Å². The number of rotatable bonds is 19. The van der Waals surface area contributed by atoms with Crippen molar-refractivity contribution in [3.05, 3.63) is 36.2 Å². The molecule has 3 nitrogen and oxygen atoms in total. The molecule has 0 aliphatic heterocycles. The van der Waals surface area contributed by atoms with E-state index in [4.69, 9.17) is 0 Å². The van der Waals surface area contributed by atoms with Crippen molar-refractivity contribution in [3.63, 3.8) is 0 Å². The maximum Gasteiger partial charge on any atom is 0.227 e. The van der Waals surface area contributed by atoms with Crippen LogP contribution in [-0.4, -0.2) is 11.6 Å². The molecular weight excluding hydrogens is 358 g/mol. The minimum atomic E-state index is -0.457. The van der Waals surface area contributed by atoms with E-state index in [1.165, 1.54) is 115 Å². The lowest BCUT2D eigenvalue weighted by Gasteiger charge is -2.05. The zero-order valence-electron chi connectivity index (χ0n) is 18.7. The summed E-state index contributed by atoms with van der Waals surface area (Å²) in [5.74, 6) is -0.908. The molecule has 1 aliphatic carbocycles. The van der Waals surface area contributed by atoms with Gasteiger partial charge in [-0.1, -0.05) is 109 Å². The molecule has 29 heavy (non-hydrogen) atoms. The Balaban J connectivity index is 1.78. The van der Waals surface area contributed by atoms with Gasteiger partial charge >= 0.3 is 0 Å². The summed E-state index contributed by atoms with van der Waals surface area (Å²) in [7, 11) is 0. The van der Waals surface area contributed by atoms with Crippen LogP contribution in [0.15, 0.2) is 36.2 Å². The molecule has 1 N–H and O–H groups in total. The largest absolute Gasteiger partial charge is 0.362 e. The Morgan fingerprint density at radius 2 is 1.14 bits per heavy atom. The molecule has 0 atom stereocenters. The summed E-state index contributed by atoms with van der Waals surface area (Å²) in [4.78, 5) is 22.3. The second kappa shape index (κ2) is 18.4. The number of carbonyl (C=O) groups is 2. The number of ketones is 2. The lowest BCUT2D eigenvalue weighted by Crippen LogP contribution is -2.16. The van der Waals surface area contributed by atoms with E-state index in [-0.39, 0.29) is 0 Å². The molecule has 0 radical (unpaired) electrons. The fourth-order valence-corrected chi connectivity index (χ4v) is 3.65. The lowest BCUT2D eigenvalue weighted by molar-refractivity contribution is -0.131. The van der Waals surface area contributed by atoms with Gasteiger partial charge in [0.1, 0.15) is 0 Å². The van der Waals surface area contributed by atoms with E-state index < -0.39 is 11.6 Å². The highest BCUT2D eigenvalue weighted by atomic mass is 16.2. The van der Waals surface area contributed by atoms with Crippen LogP contribution < -0.4 is 5.32 Å². The van der Waals surface area contributed by atoms with Crippen molar-refractivity contribution in [1.29, 1.82) is 0 Å². The average molecular weight is 402 g/mol. The van der Waals surface area contributed by atoms with Crippen LogP contribution in [-0.2, 0) is 9.59 Å². The molecule has 0 aromatic carbocycles. The Hall–Kier alpha value is -1.64. The second-order valence-electron chi connectivity index (χ2n) is 8.30. The molecule has 0 aromatic heterocycles. The number of carbonyl (C=O) groups excluding carboxylic acids is 2. The Morgan fingerprint density at radius 1 is 0.655 bits per heavy atom. The van der Waals surface area contributed by atoms with Gasteiger partial charge < -0.3 is 5.32 Å². The monoisotopic (exact) mass is 401 g/mol. The summed E-state index contributed by atoms with van der Waals surface area (Å²) < 4.78 is 0. The van der Waals surface area contributed by atoms with Crippen LogP contribution in [0.4, 0.5) is 0 Å². The highest BCUT2D eigenvalue weighted by molar-refractivity contribution is 6.46. The molecule has 0 fully saturated rings. The molecule has 3 heteroatoms. The Morgan fingerprint density at radius 3 is 1.62 bits per heavy atom. The van der Waals surface area contributed by atoms with Crippen molar-refractivity contribution in [1.82, 2.24) is 5.32 Å². The van der Waals surface area contributed by atoms with Crippen LogP contribution in [0, 0.1) is 0 Å². The van der Waals surface area contributed by atoms with Gasteiger partial charge in [-0.15, -0.1) is 0 Å². The Bertz CT molecular complexity index is 531. The average Bonchev–Trinajstić information content (AvgIpc) is 2.72. The van der Waals surface area contributed by atoms with E-state index in [1.807, 2.05) is 6.20 Å². The van der Waals surface area contributed by atoms with Crippen molar-refractivity contribution >= 4 is 11.6 Å². The quantitative estimate of drug-likeness (QED) is 0.140. The third-order valence-electron chi connectivity index (χ3n) is 5.54. The fraction of sp³-hybridized carbons (Fsp3) is 0.692. The van der Waals surface area contributed by atoms with Gasteiger partial charge in [0.25, 0.3) is 0 Å². The molecule has 164 valence electrons. The van der Waals surface area contributed by atoms with Gasteiger partial charge in [-0.05, 0) is 31.2 Å². The van der Waals surface area contributed by atoms with Crippen molar-refractivity contribution < 1.29 is 9.59 Å². The van der Waals surface area contributed by atoms with Crippen LogP contribution in [0.1, 0.15) is 116 Å². The number of hydrogen-bond donors (Lipinski definition) is 1. The lowest BCUT2D eigenvalue weighted by atomic mass is 10.0. The topological polar surface area (TPSA) is 46.2 Å². The summed E-state index contributed by atoms with van der Waals surface area (Å²) in [6, 6.07) is 0. The first-order chi connectivity index (χ1) is 14.2. The van der Waals surface area contributed by atoms with Crippen molar-refractivity contribution in [2.45, 2.75) is 116 Å². The van der Waals surface area contributed by atoms with Crippen molar-refractivity contribution in [2.75, 3.05) is 0 Å². The number of hydrogen-bond acceptors (Lipinski definition) is 3. The Kier molecular flexibility index (Phi) is 16.1. The summed E-state index contributed by atoms with van der Waals surface area (Å²) in [6.07, 6.45) is 31.6. The predicted molar refractivity (Wildman–Crippen MR) is 124 cm³/mol. The van der Waals surface area contributed by atoms with Gasteiger partial charge in [-0.2, -0.15) is 0 Å². The van der Waals surface area contributed by atoms with Gasteiger partial charge in [-0.25, -0.2) is 0 Å². The Labute approximate surface area is 179 Å². The zero-order chi connectivity index (χ0) is 21.0. The molecule has 0 spiro atoms. The molecular formula is C26H43NO2. The van der Waals surface area contributed by atoms with Gasteiger partial charge in [0, 0.05) is 11.8 Å². The summed E-state index contributed by atoms with van der Waals surface area (Å²) in [5.41, 5.74) is 0.679. The van der Waals surface area contributed by atoms with Gasteiger partial charge in [0.05, 0.1) is 0 Å². The summed E-state index contributed by atoms with van der Waals surface area (Å²) >= 11 is 0. The summed E-state index contributed by atoms with van der Waals surface area (Å²) in [5, 5.41) is 3.05. The van der Waals surface area contributed by atoms with E-state index >= 15 is 0 Å². The minimum absolute atomic E-state index is 0.451. The number of allylic oxidation sites excluding steroid dienone is 4. The molecule has 0 amide bonds. The van der Waals surface area contributed by atoms with E-state index in [9.17, 15) is 9.59 Å². The number of nitrogens with one attached hydrogen (secondary N) is 1. The maximum atomic E-state index is 11.3. The smallest absolute Gasteiger partial charge is 0.227 e. The third kappa shape index (κ3) is 14.9. The number of unbranched alkanes of at least 4 members (excludes halogenated alkanes) is 16. The molecule has 0 aromatic rings. The van der Waals surface area contributed by atoms with E-state index in [0.717, 1.165) is 6.42 Å². The van der Waals surface area contributed by atoms with E-state index in [0.29, 0.717) is 5.70 Å². The van der Waals surface area contributed by atoms with Crippen LogP contribution in [0.2, 0.25) is 0 Å². The molecule has 0 bridgehead atoms. The third-order valence-corrected chi connectivity index (χ3v) is 5.54. The van der Waals surface area contributed by atoms with Crippen LogP contribution >= 0.6 is 0 Å². The second-order valence-corrected chi connectivity index (χ2v) is 8.30. The predicted octanol–water partition coefficient (Wildman–Crippen LogP) is 7.33. The van der Waals surface area contributed by atoms with Gasteiger partial charge in [-0.3, -0.25) is 9.59 Å². The van der Waals surface area contributed by atoms with Crippen molar-refractivity contribution in [2.24, 2.45) is 0 Å². The van der Waals surface area contributed by atoms with Gasteiger partial charge in [0.2, 0.25) is 11.6 Å². The van der Waals surface area contributed by atoms with Crippen LogP contribution in [0.25, 0.3) is 0 Å². The first-order valence-electron chi connectivity index (χ1n) is 12.1. The normalized spacial score (nSPS) is 14.0. The highest BCUT2D eigenvalue weighted by Crippen LogP contribution is 2.14. The van der Waals surface area contributed by atoms with Crippen LogP contribution in [0.3, 0.4) is 0 Å². The molecule has 0 heterocycles. The standard InChI is InChI=1S/C26H43NO2/c1-2-3-4-5-6-7-8-9-10-11-12-13-14-15-16-17-18-19-22-27-24-20-21-25(28)26(29)23-24/h19-23,27H,2-18H2,1H3. The fourth-order valence-electron chi connectivity index (χ4n) is 3.65. The molecule has 0 saturated heterocycles. The summed E-state index contributed by atoms with van der Waals surface area (Å²) in [6.45, 7) is 2.28. The molecule has 1 rings (SSSR count). The molecule has 0 unspecified atom stereocenters. The minimum Gasteiger partial charge on any atom is -0.362 e. The van der Waals surface area contributed by atoms with Gasteiger partial charge in [0.15, 0.2) is 0 Å². The SMILES string of the molecule is CCCCCCCCCCCCCCCCCCC=CNC1=CC(=O)C(=O)C=C1.